The van der Waals surface area contributed by atoms with E-state index in [0.717, 1.165) is 5.56 Å². The summed E-state index contributed by atoms with van der Waals surface area (Å²) in [6.07, 6.45) is 0. The predicted molar refractivity (Wildman–Crippen MR) is 70.1 cm³/mol. The molecule has 18 heavy (non-hydrogen) atoms. The van der Waals surface area contributed by atoms with Crippen molar-refractivity contribution in [3.63, 3.8) is 0 Å². The molecule has 1 rings (SSSR count). The fourth-order valence-electron chi connectivity index (χ4n) is 1.43. The molecule has 6 heteroatoms. The van der Waals surface area contributed by atoms with E-state index in [4.69, 9.17) is 26.8 Å². The van der Waals surface area contributed by atoms with Crippen molar-refractivity contribution in [3.05, 3.63) is 22.7 Å². The van der Waals surface area contributed by atoms with Crippen LogP contribution >= 0.6 is 11.6 Å². The second kappa shape index (κ2) is 6.47. The first-order valence-electron chi connectivity index (χ1n) is 5.43. The number of rotatable bonds is 6. The number of ether oxygens (including phenoxy) is 2. The Balaban J connectivity index is 2.87. The Morgan fingerprint density at radius 1 is 1.44 bits per heavy atom. The molecule has 0 aliphatic carbocycles. The van der Waals surface area contributed by atoms with Crippen LogP contribution in [0, 0.1) is 0 Å². The third kappa shape index (κ3) is 3.27. The van der Waals surface area contributed by atoms with Crippen molar-refractivity contribution in [2.24, 2.45) is 5.73 Å². The van der Waals surface area contributed by atoms with Gasteiger partial charge in [-0.25, -0.2) is 0 Å². The molecule has 5 nitrogen and oxygen atoms in total. The van der Waals surface area contributed by atoms with Gasteiger partial charge < -0.3 is 20.5 Å². The van der Waals surface area contributed by atoms with E-state index in [9.17, 15) is 4.79 Å². The number of carbonyl (C=O) groups is 1. The Morgan fingerprint density at radius 3 is 2.61 bits per heavy atom. The molecule has 1 amide bonds. The minimum absolute atomic E-state index is 0.411. The molecule has 0 spiro atoms. The largest absolute Gasteiger partial charge is 0.493 e. The molecule has 0 heterocycles. The maximum absolute atomic E-state index is 10.9. The summed E-state index contributed by atoms with van der Waals surface area (Å²) >= 11 is 6.19. The molecule has 0 radical (unpaired) electrons. The second-order valence-electron chi connectivity index (χ2n) is 3.78. The van der Waals surface area contributed by atoms with Crippen molar-refractivity contribution >= 4 is 17.5 Å². The van der Waals surface area contributed by atoms with Crippen molar-refractivity contribution in [1.82, 2.24) is 5.32 Å². The summed E-state index contributed by atoms with van der Waals surface area (Å²) in [6, 6.07) is 3.15. The zero-order chi connectivity index (χ0) is 13.7. The van der Waals surface area contributed by atoms with Gasteiger partial charge in [0.2, 0.25) is 5.91 Å². The molecule has 3 N–H and O–H groups in total. The van der Waals surface area contributed by atoms with Crippen molar-refractivity contribution < 1.29 is 14.3 Å². The topological polar surface area (TPSA) is 73.6 Å². The number of carbonyl (C=O) groups excluding carboxylic acids is 1. The van der Waals surface area contributed by atoms with E-state index in [1.54, 1.807) is 20.1 Å². The van der Waals surface area contributed by atoms with Gasteiger partial charge >= 0.3 is 0 Å². The van der Waals surface area contributed by atoms with Crippen LogP contribution in [0.3, 0.4) is 0 Å². The summed E-state index contributed by atoms with van der Waals surface area (Å²) in [5.41, 5.74) is 5.97. The summed E-state index contributed by atoms with van der Waals surface area (Å²) in [7, 11) is 3.06. The minimum atomic E-state index is -0.422. The molecule has 1 atom stereocenters. The molecule has 0 bridgehead atoms. The number of methoxy groups -OCH3 is 2. The smallest absolute Gasteiger partial charge is 0.234 e. The van der Waals surface area contributed by atoms with E-state index < -0.39 is 11.9 Å². The first-order chi connectivity index (χ1) is 8.51. The van der Waals surface area contributed by atoms with E-state index in [2.05, 4.69) is 5.32 Å². The van der Waals surface area contributed by atoms with E-state index in [1.165, 1.54) is 7.11 Å². The Morgan fingerprint density at radius 2 is 2.11 bits per heavy atom. The lowest BCUT2D eigenvalue weighted by atomic mass is 10.2. The lowest BCUT2D eigenvalue weighted by Gasteiger charge is -2.14. The number of primary amides is 1. The van der Waals surface area contributed by atoms with Crippen LogP contribution in [0.1, 0.15) is 12.5 Å². The maximum atomic E-state index is 10.9. The van der Waals surface area contributed by atoms with Crippen molar-refractivity contribution in [3.8, 4) is 11.5 Å². The highest BCUT2D eigenvalue weighted by molar-refractivity contribution is 6.33. The fourth-order valence-corrected chi connectivity index (χ4v) is 1.73. The number of nitrogens with one attached hydrogen (secondary N) is 1. The number of benzene rings is 1. The summed E-state index contributed by atoms with van der Waals surface area (Å²) in [6.45, 7) is 2.11. The second-order valence-corrected chi connectivity index (χ2v) is 4.16. The van der Waals surface area contributed by atoms with Crippen molar-refractivity contribution in [1.29, 1.82) is 0 Å². The average molecular weight is 273 g/mol. The number of nitrogens with two attached hydrogens (primary N) is 1. The highest BCUT2D eigenvalue weighted by Gasteiger charge is 2.14. The highest BCUT2D eigenvalue weighted by Crippen LogP contribution is 2.37. The summed E-state index contributed by atoms with van der Waals surface area (Å²) in [4.78, 5) is 10.9. The fraction of sp³-hybridized carbons (Fsp3) is 0.417. The standard InChI is InChI=1S/C12H17ClN2O3/c1-7(12(14)16)15-6-8-4-5-9(17-2)11(18-3)10(8)13/h4-5,7,15H,6H2,1-3H3,(H2,14,16). The van der Waals surface area contributed by atoms with E-state index >= 15 is 0 Å². The quantitative estimate of drug-likeness (QED) is 0.819. The molecule has 1 unspecified atom stereocenters. The summed E-state index contributed by atoms with van der Waals surface area (Å²) in [5.74, 6) is 0.631. The predicted octanol–water partition coefficient (Wildman–Crippen LogP) is 1.32. The van der Waals surface area contributed by atoms with Gasteiger partial charge in [0.25, 0.3) is 0 Å². The Hall–Kier alpha value is -1.46. The monoisotopic (exact) mass is 272 g/mol. The van der Waals surface area contributed by atoms with Crippen LogP contribution in [0.15, 0.2) is 12.1 Å². The van der Waals surface area contributed by atoms with Crippen LogP contribution in [-0.2, 0) is 11.3 Å². The van der Waals surface area contributed by atoms with Crippen molar-refractivity contribution in [2.75, 3.05) is 14.2 Å². The van der Waals surface area contributed by atoms with E-state index in [-0.39, 0.29) is 0 Å². The molecule has 1 aromatic rings. The van der Waals surface area contributed by atoms with Crippen LogP contribution in [0.4, 0.5) is 0 Å². The third-order valence-corrected chi connectivity index (χ3v) is 3.00. The maximum Gasteiger partial charge on any atom is 0.234 e. The lowest BCUT2D eigenvalue weighted by Crippen LogP contribution is -2.38. The van der Waals surface area contributed by atoms with Gasteiger partial charge in [-0.1, -0.05) is 17.7 Å². The number of hydrogen-bond acceptors (Lipinski definition) is 4. The molecule has 0 saturated carbocycles. The Bertz CT molecular complexity index is 438. The van der Waals surface area contributed by atoms with Gasteiger partial charge in [0.1, 0.15) is 0 Å². The molecule has 0 fully saturated rings. The van der Waals surface area contributed by atoms with Gasteiger partial charge in [-0.3, -0.25) is 4.79 Å². The molecule has 0 aliphatic heterocycles. The zero-order valence-corrected chi connectivity index (χ0v) is 11.4. The van der Waals surface area contributed by atoms with Crippen LogP contribution in [0.5, 0.6) is 11.5 Å². The first kappa shape index (κ1) is 14.6. The number of hydrogen-bond donors (Lipinski definition) is 2. The van der Waals surface area contributed by atoms with Gasteiger partial charge in [-0.15, -0.1) is 0 Å². The van der Waals surface area contributed by atoms with Gasteiger partial charge in [-0.05, 0) is 18.6 Å². The molecular weight excluding hydrogens is 256 g/mol. The third-order valence-electron chi connectivity index (χ3n) is 2.59. The first-order valence-corrected chi connectivity index (χ1v) is 5.81. The molecular formula is C12H17ClN2O3. The number of amides is 1. The van der Waals surface area contributed by atoms with E-state index in [0.29, 0.717) is 23.1 Å². The molecule has 0 saturated heterocycles. The normalized spacial score (nSPS) is 12.0. The van der Waals surface area contributed by atoms with E-state index in [1.807, 2.05) is 6.07 Å². The van der Waals surface area contributed by atoms with Crippen LogP contribution in [-0.4, -0.2) is 26.2 Å². The Kier molecular flexibility index (Phi) is 5.25. The summed E-state index contributed by atoms with van der Waals surface area (Å²) in [5, 5.41) is 3.43. The van der Waals surface area contributed by atoms with Crippen LogP contribution in [0.2, 0.25) is 5.02 Å². The minimum Gasteiger partial charge on any atom is -0.493 e. The summed E-state index contributed by atoms with van der Waals surface area (Å²) < 4.78 is 10.3. The zero-order valence-electron chi connectivity index (χ0n) is 10.6. The highest BCUT2D eigenvalue weighted by atomic mass is 35.5. The van der Waals surface area contributed by atoms with Gasteiger partial charge in [0.05, 0.1) is 25.3 Å². The molecule has 0 aliphatic rings. The lowest BCUT2D eigenvalue weighted by molar-refractivity contribution is -0.119. The number of halogens is 1. The SMILES string of the molecule is COc1ccc(CNC(C)C(N)=O)c(Cl)c1OC. The van der Waals surface area contributed by atoms with Gasteiger partial charge in [0.15, 0.2) is 11.5 Å². The molecule has 100 valence electrons. The van der Waals surface area contributed by atoms with Crippen LogP contribution in [0.25, 0.3) is 0 Å². The van der Waals surface area contributed by atoms with Crippen molar-refractivity contribution in [2.45, 2.75) is 19.5 Å². The van der Waals surface area contributed by atoms with Crippen LogP contribution < -0.4 is 20.5 Å². The molecule has 0 aromatic heterocycles. The van der Waals surface area contributed by atoms with Gasteiger partial charge in [-0.2, -0.15) is 0 Å². The molecule has 1 aromatic carbocycles. The van der Waals surface area contributed by atoms with Gasteiger partial charge in [0, 0.05) is 6.54 Å². The Labute approximate surface area is 111 Å². The average Bonchev–Trinajstić information content (AvgIpc) is 2.36.